The van der Waals surface area contributed by atoms with E-state index in [1.54, 1.807) is 6.92 Å². The molecule has 90 valence electrons. The summed E-state index contributed by atoms with van der Waals surface area (Å²) < 4.78 is 9.24. The summed E-state index contributed by atoms with van der Waals surface area (Å²) in [5.41, 5.74) is 0. The van der Waals surface area contributed by atoms with E-state index in [0.717, 1.165) is 13.8 Å². The molecule has 6 heteroatoms. The molecular weight excluding hydrogens is 216 g/mol. The van der Waals surface area contributed by atoms with E-state index in [1.807, 2.05) is 0 Å². The van der Waals surface area contributed by atoms with Crippen molar-refractivity contribution in [3.8, 4) is 0 Å². The molecular formula is C10H14O6. The van der Waals surface area contributed by atoms with Gasteiger partial charge in [0.1, 0.15) is 6.10 Å². The summed E-state index contributed by atoms with van der Waals surface area (Å²) in [4.78, 5) is 42.6. The highest BCUT2D eigenvalue weighted by Gasteiger charge is 2.15. The largest absolute Gasteiger partial charge is 0.460 e. The van der Waals surface area contributed by atoms with Gasteiger partial charge in [-0.15, -0.1) is 0 Å². The fourth-order valence-electron chi connectivity index (χ4n) is 0.744. The fourth-order valence-corrected chi connectivity index (χ4v) is 0.744. The van der Waals surface area contributed by atoms with Crippen molar-refractivity contribution >= 4 is 23.5 Å². The SMILES string of the molecule is CC(=O)C(=O)OCC[C@@H](C)OC(=O)C(C)=O. The monoisotopic (exact) mass is 230 g/mol. The van der Waals surface area contributed by atoms with E-state index < -0.39 is 29.6 Å². The fraction of sp³-hybridized carbons (Fsp3) is 0.600. The van der Waals surface area contributed by atoms with Gasteiger partial charge in [0.2, 0.25) is 11.6 Å². The zero-order valence-corrected chi connectivity index (χ0v) is 9.44. The van der Waals surface area contributed by atoms with E-state index in [1.165, 1.54) is 0 Å². The Morgan fingerprint density at radius 1 is 1.00 bits per heavy atom. The lowest BCUT2D eigenvalue weighted by Gasteiger charge is -2.11. The number of hydrogen-bond donors (Lipinski definition) is 0. The first-order chi connectivity index (χ1) is 7.34. The van der Waals surface area contributed by atoms with Crippen molar-refractivity contribution in [3.05, 3.63) is 0 Å². The maximum absolute atomic E-state index is 10.8. The summed E-state index contributed by atoms with van der Waals surface area (Å²) in [6, 6.07) is 0. The van der Waals surface area contributed by atoms with E-state index in [9.17, 15) is 19.2 Å². The van der Waals surface area contributed by atoms with Gasteiger partial charge < -0.3 is 9.47 Å². The Hall–Kier alpha value is -1.72. The predicted molar refractivity (Wildman–Crippen MR) is 52.5 cm³/mol. The maximum atomic E-state index is 10.8. The van der Waals surface area contributed by atoms with Gasteiger partial charge in [-0.05, 0) is 6.92 Å². The first kappa shape index (κ1) is 14.3. The number of ether oxygens (including phenoxy) is 2. The van der Waals surface area contributed by atoms with Crippen LogP contribution in [-0.2, 0) is 28.7 Å². The van der Waals surface area contributed by atoms with Crippen LogP contribution in [0.2, 0.25) is 0 Å². The van der Waals surface area contributed by atoms with Crippen LogP contribution in [0.5, 0.6) is 0 Å². The minimum Gasteiger partial charge on any atom is -0.460 e. The summed E-state index contributed by atoms with van der Waals surface area (Å²) >= 11 is 0. The zero-order chi connectivity index (χ0) is 12.7. The van der Waals surface area contributed by atoms with Crippen molar-refractivity contribution in [2.24, 2.45) is 0 Å². The van der Waals surface area contributed by atoms with Crippen molar-refractivity contribution in [1.29, 1.82) is 0 Å². The van der Waals surface area contributed by atoms with Gasteiger partial charge in [0.15, 0.2) is 0 Å². The Bertz CT molecular complexity index is 306. The molecule has 0 radical (unpaired) electrons. The van der Waals surface area contributed by atoms with Gasteiger partial charge in [0.25, 0.3) is 0 Å². The molecule has 0 aliphatic heterocycles. The first-order valence-corrected chi connectivity index (χ1v) is 4.73. The Kier molecular flexibility index (Phi) is 5.99. The number of ketones is 2. The van der Waals surface area contributed by atoms with E-state index in [0.29, 0.717) is 0 Å². The summed E-state index contributed by atoms with van der Waals surface area (Å²) in [5.74, 6) is -3.23. The molecule has 0 saturated carbocycles. The average Bonchev–Trinajstić information content (AvgIpc) is 2.16. The van der Waals surface area contributed by atoms with Crippen LogP contribution in [0.4, 0.5) is 0 Å². The average molecular weight is 230 g/mol. The molecule has 16 heavy (non-hydrogen) atoms. The number of carbonyl (C=O) groups is 4. The molecule has 0 aromatic carbocycles. The molecule has 0 aliphatic rings. The van der Waals surface area contributed by atoms with Gasteiger partial charge in [-0.3, -0.25) is 9.59 Å². The molecule has 0 N–H and O–H groups in total. The van der Waals surface area contributed by atoms with Crippen LogP contribution in [0.3, 0.4) is 0 Å². The zero-order valence-electron chi connectivity index (χ0n) is 9.44. The van der Waals surface area contributed by atoms with Crippen LogP contribution in [0.15, 0.2) is 0 Å². The van der Waals surface area contributed by atoms with E-state index in [4.69, 9.17) is 0 Å². The number of carbonyl (C=O) groups excluding carboxylic acids is 4. The molecule has 0 fully saturated rings. The number of hydrogen-bond acceptors (Lipinski definition) is 6. The third kappa shape index (κ3) is 5.90. The minimum absolute atomic E-state index is 0.0369. The van der Waals surface area contributed by atoms with Crippen LogP contribution in [0.25, 0.3) is 0 Å². The van der Waals surface area contributed by atoms with Gasteiger partial charge in [-0.1, -0.05) is 0 Å². The second-order valence-electron chi connectivity index (χ2n) is 3.25. The van der Waals surface area contributed by atoms with Gasteiger partial charge in [0, 0.05) is 20.3 Å². The standard InChI is InChI=1S/C10H14O6/c1-6(16-10(14)8(3)12)4-5-15-9(13)7(2)11/h6H,4-5H2,1-3H3/t6-/m1/s1. The molecule has 0 aliphatic carbocycles. The van der Waals surface area contributed by atoms with Crippen LogP contribution >= 0.6 is 0 Å². The van der Waals surface area contributed by atoms with Crippen molar-refractivity contribution in [3.63, 3.8) is 0 Å². The maximum Gasteiger partial charge on any atom is 0.374 e. The van der Waals surface area contributed by atoms with Gasteiger partial charge in [-0.2, -0.15) is 0 Å². The van der Waals surface area contributed by atoms with E-state index in [-0.39, 0.29) is 13.0 Å². The van der Waals surface area contributed by atoms with Crippen LogP contribution < -0.4 is 0 Å². The van der Waals surface area contributed by atoms with Gasteiger partial charge in [-0.25, -0.2) is 9.59 Å². The molecule has 6 nitrogen and oxygen atoms in total. The summed E-state index contributed by atoms with van der Waals surface area (Å²) in [6.45, 7) is 3.72. The molecule has 0 heterocycles. The Balaban J connectivity index is 3.78. The van der Waals surface area contributed by atoms with Gasteiger partial charge >= 0.3 is 11.9 Å². The Morgan fingerprint density at radius 2 is 1.50 bits per heavy atom. The van der Waals surface area contributed by atoms with Crippen molar-refractivity contribution in [1.82, 2.24) is 0 Å². The lowest BCUT2D eigenvalue weighted by molar-refractivity contribution is -0.158. The highest BCUT2D eigenvalue weighted by Crippen LogP contribution is 1.99. The second-order valence-corrected chi connectivity index (χ2v) is 3.25. The van der Waals surface area contributed by atoms with Crippen LogP contribution in [-0.4, -0.2) is 36.2 Å². The molecule has 0 unspecified atom stereocenters. The number of rotatable bonds is 6. The third-order valence-corrected chi connectivity index (χ3v) is 1.64. The summed E-state index contributed by atoms with van der Waals surface area (Å²) in [5, 5.41) is 0. The quantitative estimate of drug-likeness (QED) is 0.472. The second kappa shape index (κ2) is 6.71. The van der Waals surface area contributed by atoms with Crippen molar-refractivity contribution in [2.45, 2.75) is 33.3 Å². The molecule has 0 spiro atoms. The Morgan fingerprint density at radius 3 is 1.94 bits per heavy atom. The summed E-state index contributed by atoms with van der Waals surface area (Å²) in [7, 11) is 0. The topological polar surface area (TPSA) is 86.7 Å². The molecule has 0 aromatic heterocycles. The normalized spacial score (nSPS) is 11.4. The van der Waals surface area contributed by atoms with E-state index >= 15 is 0 Å². The molecule has 0 bridgehead atoms. The minimum atomic E-state index is -0.926. The molecule has 1 atom stereocenters. The lowest BCUT2D eigenvalue weighted by atomic mass is 10.3. The number of esters is 2. The molecule has 0 rings (SSSR count). The van der Waals surface area contributed by atoms with Crippen LogP contribution in [0, 0.1) is 0 Å². The third-order valence-electron chi connectivity index (χ3n) is 1.64. The van der Waals surface area contributed by atoms with E-state index in [2.05, 4.69) is 9.47 Å². The van der Waals surface area contributed by atoms with Crippen molar-refractivity contribution in [2.75, 3.05) is 6.61 Å². The predicted octanol–water partition coefficient (Wildman–Crippen LogP) is 0.0294. The van der Waals surface area contributed by atoms with Crippen LogP contribution in [0.1, 0.15) is 27.2 Å². The highest BCUT2D eigenvalue weighted by molar-refractivity contribution is 6.32. The molecule has 0 saturated heterocycles. The smallest absolute Gasteiger partial charge is 0.374 e. The number of Topliss-reactive ketones (excluding diaryl/α,β-unsaturated/α-hetero) is 2. The highest BCUT2D eigenvalue weighted by atomic mass is 16.6. The lowest BCUT2D eigenvalue weighted by Crippen LogP contribution is -2.23. The van der Waals surface area contributed by atoms with Gasteiger partial charge in [0.05, 0.1) is 6.61 Å². The van der Waals surface area contributed by atoms with Crippen molar-refractivity contribution < 1.29 is 28.7 Å². The summed E-state index contributed by atoms with van der Waals surface area (Å²) in [6.07, 6.45) is -0.311. The Labute approximate surface area is 92.9 Å². The molecule has 0 aromatic rings. The first-order valence-electron chi connectivity index (χ1n) is 4.73. The molecule has 0 amide bonds.